The number of rotatable bonds is 3. The van der Waals surface area contributed by atoms with Crippen LogP contribution in [0.15, 0.2) is 30.9 Å². The van der Waals surface area contributed by atoms with Gasteiger partial charge in [0.25, 0.3) is 0 Å². The predicted molar refractivity (Wildman–Crippen MR) is 62.7 cm³/mol. The van der Waals surface area contributed by atoms with Gasteiger partial charge >= 0.3 is 0 Å². The molecule has 16 heavy (non-hydrogen) atoms. The second kappa shape index (κ2) is 4.57. The van der Waals surface area contributed by atoms with Crippen molar-refractivity contribution in [1.29, 1.82) is 0 Å². The summed E-state index contributed by atoms with van der Waals surface area (Å²) in [4.78, 5) is 12.4. The number of hydrogen-bond acceptors (Lipinski definition) is 5. The summed E-state index contributed by atoms with van der Waals surface area (Å²) in [6.07, 6.45) is 6.82. The first-order valence-electron chi connectivity index (χ1n) is 4.96. The fourth-order valence-corrected chi connectivity index (χ4v) is 1.26. The molecule has 5 heteroatoms. The van der Waals surface area contributed by atoms with E-state index in [1.807, 2.05) is 13.0 Å². The van der Waals surface area contributed by atoms with Crippen LogP contribution in [0.2, 0.25) is 0 Å². The van der Waals surface area contributed by atoms with Crippen molar-refractivity contribution in [2.75, 3.05) is 11.1 Å². The van der Waals surface area contributed by atoms with E-state index in [0.717, 1.165) is 17.1 Å². The molecule has 2 heterocycles. The molecule has 0 amide bonds. The van der Waals surface area contributed by atoms with Crippen LogP contribution in [0, 0.1) is 6.92 Å². The van der Waals surface area contributed by atoms with Gasteiger partial charge in [0.1, 0.15) is 0 Å². The number of aromatic nitrogens is 3. The van der Waals surface area contributed by atoms with E-state index in [-0.39, 0.29) is 0 Å². The highest BCUT2D eigenvalue weighted by atomic mass is 14.9. The zero-order valence-corrected chi connectivity index (χ0v) is 9.01. The number of nitrogens with one attached hydrogen (secondary N) is 1. The van der Waals surface area contributed by atoms with E-state index in [9.17, 15) is 0 Å². The topological polar surface area (TPSA) is 76.7 Å². The maximum absolute atomic E-state index is 5.62. The molecule has 82 valence electrons. The lowest BCUT2D eigenvalue weighted by Gasteiger charge is -2.05. The van der Waals surface area contributed by atoms with Crippen molar-refractivity contribution in [3.63, 3.8) is 0 Å². The van der Waals surface area contributed by atoms with E-state index >= 15 is 0 Å². The molecule has 3 N–H and O–H groups in total. The lowest BCUT2D eigenvalue weighted by atomic mass is 10.3. The Kier molecular flexibility index (Phi) is 2.95. The fourth-order valence-electron chi connectivity index (χ4n) is 1.26. The summed E-state index contributed by atoms with van der Waals surface area (Å²) >= 11 is 0. The van der Waals surface area contributed by atoms with Crippen molar-refractivity contribution in [3.8, 4) is 0 Å². The van der Waals surface area contributed by atoms with Gasteiger partial charge in [0.2, 0.25) is 0 Å². The van der Waals surface area contributed by atoms with Crippen LogP contribution < -0.4 is 11.1 Å². The molecule has 5 nitrogen and oxygen atoms in total. The number of nitrogens with two attached hydrogens (primary N) is 1. The predicted octanol–water partition coefficient (Wildman–Crippen LogP) is 1.37. The molecule has 0 atom stereocenters. The van der Waals surface area contributed by atoms with E-state index in [0.29, 0.717) is 12.2 Å². The highest BCUT2D eigenvalue weighted by Gasteiger charge is 1.96. The molecule has 0 aliphatic heterocycles. The molecule has 0 unspecified atom stereocenters. The van der Waals surface area contributed by atoms with E-state index in [1.54, 1.807) is 24.8 Å². The number of pyridine rings is 1. The molecule has 0 fully saturated rings. The van der Waals surface area contributed by atoms with Gasteiger partial charge in [-0.25, -0.2) is 0 Å². The van der Waals surface area contributed by atoms with Crippen molar-refractivity contribution >= 4 is 11.4 Å². The van der Waals surface area contributed by atoms with Gasteiger partial charge in [-0.2, -0.15) is 0 Å². The molecule has 0 aromatic carbocycles. The summed E-state index contributed by atoms with van der Waals surface area (Å²) in [7, 11) is 0. The molecule has 0 saturated heterocycles. The smallest absolute Gasteiger partial charge is 0.0777 e. The van der Waals surface area contributed by atoms with Gasteiger partial charge in [-0.15, -0.1) is 0 Å². The summed E-state index contributed by atoms with van der Waals surface area (Å²) in [6, 6.07) is 1.83. The number of aryl methyl sites for hydroxylation is 1. The van der Waals surface area contributed by atoms with Crippen LogP contribution in [0.5, 0.6) is 0 Å². The van der Waals surface area contributed by atoms with E-state index in [2.05, 4.69) is 20.3 Å². The second-order valence-corrected chi connectivity index (χ2v) is 3.51. The van der Waals surface area contributed by atoms with Crippen LogP contribution >= 0.6 is 0 Å². The maximum atomic E-state index is 5.62. The zero-order chi connectivity index (χ0) is 11.4. The quantitative estimate of drug-likeness (QED) is 0.808. The number of nitrogen functional groups attached to an aromatic ring is 1. The average Bonchev–Trinajstić information content (AvgIpc) is 2.28. The molecule has 0 radical (unpaired) electrons. The van der Waals surface area contributed by atoms with Crippen LogP contribution in [0.3, 0.4) is 0 Å². The third-order valence-electron chi connectivity index (χ3n) is 2.07. The maximum Gasteiger partial charge on any atom is 0.0777 e. The largest absolute Gasteiger partial charge is 0.397 e. The number of nitrogens with zero attached hydrogens (tertiary/aromatic N) is 3. The molecular formula is C11H13N5. The van der Waals surface area contributed by atoms with Crippen LogP contribution in [0.25, 0.3) is 0 Å². The van der Waals surface area contributed by atoms with E-state index in [1.165, 1.54) is 0 Å². The highest BCUT2D eigenvalue weighted by molar-refractivity contribution is 5.51. The molecule has 2 rings (SSSR count). The average molecular weight is 215 g/mol. The first-order chi connectivity index (χ1) is 7.74. The van der Waals surface area contributed by atoms with Gasteiger partial charge < -0.3 is 11.1 Å². The summed E-state index contributed by atoms with van der Waals surface area (Å²) in [5.74, 6) is 0. The minimum atomic E-state index is 0.610. The molecule has 0 spiro atoms. The first kappa shape index (κ1) is 10.4. The Bertz CT molecular complexity index is 466. The molecule has 2 aromatic heterocycles. The SMILES string of the molecule is Cc1cnc(CNc2cncc(N)c2)cn1. The van der Waals surface area contributed by atoms with Crippen molar-refractivity contribution in [3.05, 3.63) is 42.2 Å². The fraction of sp³-hybridized carbons (Fsp3) is 0.182. The molecule has 0 saturated carbocycles. The number of anilines is 2. The Labute approximate surface area is 93.8 Å². The Hall–Kier alpha value is -2.17. The van der Waals surface area contributed by atoms with Gasteiger partial charge in [0, 0.05) is 12.4 Å². The lowest BCUT2D eigenvalue weighted by Crippen LogP contribution is -2.03. The molecule has 2 aromatic rings. The standard InChI is InChI=1S/C11H13N5/c1-8-3-15-11(6-14-8)7-16-10-2-9(12)4-13-5-10/h2-6,16H,7,12H2,1H3. The first-order valence-corrected chi connectivity index (χ1v) is 4.96. The lowest BCUT2D eigenvalue weighted by molar-refractivity contribution is 0.983. The number of hydrogen-bond donors (Lipinski definition) is 2. The normalized spacial score (nSPS) is 10.1. The Morgan fingerprint density at radius 2 is 2.06 bits per heavy atom. The van der Waals surface area contributed by atoms with Crippen LogP contribution in [-0.2, 0) is 6.54 Å². The van der Waals surface area contributed by atoms with Gasteiger partial charge in [-0.05, 0) is 13.0 Å². The summed E-state index contributed by atoms with van der Waals surface area (Å²) < 4.78 is 0. The van der Waals surface area contributed by atoms with Gasteiger partial charge in [0.15, 0.2) is 0 Å². The van der Waals surface area contributed by atoms with Crippen molar-refractivity contribution in [2.24, 2.45) is 0 Å². The van der Waals surface area contributed by atoms with Crippen molar-refractivity contribution in [1.82, 2.24) is 15.0 Å². The van der Waals surface area contributed by atoms with E-state index < -0.39 is 0 Å². The van der Waals surface area contributed by atoms with Gasteiger partial charge in [-0.3, -0.25) is 15.0 Å². The second-order valence-electron chi connectivity index (χ2n) is 3.51. The Balaban J connectivity index is 1.99. The minimum Gasteiger partial charge on any atom is -0.397 e. The Morgan fingerprint density at radius 3 is 2.75 bits per heavy atom. The Morgan fingerprint density at radius 1 is 1.19 bits per heavy atom. The molecule has 0 aliphatic carbocycles. The van der Waals surface area contributed by atoms with Crippen molar-refractivity contribution in [2.45, 2.75) is 13.5 Å². The summed E-state index contributed by atoms with van der Waals surface area (Å²) in [5, 5.41) is 3.18. The summed E-state index contributed by atoms with van der Waals surface area (Å²) in [6.45, 7) is 2.52. The third kappa shape index (κ3) is 2.66. The van der Waals surface area contributed by atoms with Crippen LogP contribution in [0.1, 0.15) is 11.4 Å². The summed E-state index contributed by atoms with van der Waals surface area (Å²) in [5.41, 5.74) is 8.93. The van der Waals surface area contributed by atoms with Gasteiger partial charge in [0.05, 0.1) is 41.7 Å². The highest BCUT2D eigenvalue weighted by Crippen LogP contribution is 2.10. The van der Waals surface area contributed by atoms with Crippen LogP contribution in [-0.4, -0.2) is 15.0 Å². The zero-order valence-electron chi connectivity index (χ0n) is 9.01. The van der Waals surface area contributed by atoms with Crippen LogP contribution in [0.4, 0.5) is 11.4 Å². The van der Waals surface area contributed by atoms with Crippen molar-refractivity contribution < 1.29 is 0 Å². The van der Waals surface area contributed by atoms with Gasteiger partial charge in [-0.1, -0.05) is 0 Å². The monoisotopic (exact) mass is 215 g/mol. The molecular weight excluding hydrogens is 202 g/mol. The van der Waals surface area contributed by atoms with E-state index in [4.69, 9.17) is 5.73 Å². The minimum absolute atomic E-state index is 0.610. The molecule has 0 bridgehead atoms. The third-order valence-corrected chi connectivity index (χ3v) is 2.07. The molecule has 0 aliphatic rings.